The van der Waals surface area contributed by atoms with Crippen LogP contribution < -0.4 is 0 Å². The first-order valence-electron chi connectivity index (χ1n) is 16.2. The highest BCUT2D eigenvalue weighted by Crippen LogP contribution is 2.48. The molecule has 5 atom stereocenters. The summed E-state index contributed by atoms with van der Waals surface area (Å²) in [6.45, 7) is -4.72. The van der Waals surface area contributed by atoms with Crippen LogP contribution in [0.5, 0.6) is 0 Å². The first-order chi connectivity index (χ1) is 26.5. The predicted octanol–water partition coefficient (Wildman–Crippen LogP) is 7.82. The lowest BCUT2D eigenvalue weighted by Gasteiger charge is -2.30. The van der Waals surface area contributed by atoms with Crippen molar-refractivity contribution in [3.63, 3.8) is 0 Å². The Morgan fingerprint density at radius 1 is 0.500 bits per heavy atom. The van der Waals surface area contributed by atoms with Gasteiger partial charge in [-0.15, -0.1) is 0 Å². The molecule has 0 saturated carbocycles. The number of carbonyl (C=O) groups is 3. The molecule has 1 N–H and O–H groups in total. The van der Waals surface area contributed by atoms with Gasteiger partial charge in [0.05, 0.1) is 25.7 Å². The molecule has 0 bridgehead atoms. The van der Waals surface area contributed by atoms with E-state index in [1.54, 1.807) is 0 Å². The smallest absolute Gasteiger partial charge is 0.459 e. The monoisotopic (exact) mass is 938 g/mol. The molecule has 0 aliphatic rings. The molecule has 0 spiro atoms. The van der Waals surface area contributed by atoms with Crippen molar-refractivity contribution in [2.24, 2.45) is 5.92 Å². The highest BCUT2D eigenvalue weighted by atomic mass is 19.4. The Morgan fingerprint density at radius 2 is 0.783 bits per heavy atom. The first-order valence-corrected chi connectivity index (χ1v) is 16.2. The van der Waals surface area contributed by atoms with Crippen molar-refractivity contribution in [3.8, 4) is 0 Å². The molecule has 30 heteroatoms. The van der Waals surface area contributed by atoms with E-state index < -0.39 is 148 Å². The Bertz CT molecular complexity index is 1350. The van der Waals surface area contributed by atoms with Crippen LogP contribution in [-0.2, 0) is 42.8 Å². The van der Waals surface area contributed by atoms with E-state index >= 15 is 0 Å². The third-order valence-electron chi connectivity index (χ3n) is 6.92. The van der Waals surface area contributed by atoms with Gasteiger partial charge in [0.2, 0.25) is 0 Å². The molecule has 0 rings (SSSR count). The number of halogens is 20. The fourth-order valence-corrected chi connectivity index (χ4v) is 3.69. The van der Waals surface area contributed by atoms with E-state index in [9.17, 15) is 107 Å². The van der Waals surface area contributed by atoms with E-state index in [1.165, 1.54) is 13.8 Å². The normalized spacial score (nSPS) is 16.4. The third kappa shape index (κ3) is 16.6. The van der Waals surface area contributed by atoms with Crippen LogP contribution in [0.15, 0.2) is 0 Å². The molecular weight excluding hydrogens is 900 g/mol. The summed E-state index contributed by atoms with van der Waals surface area (Å²) in [7, 11) is 0. The molecule has 0 aromatic rings. The molecule has 0 aromatic carbocycles. The van der Waals surface area contributed by atoms with Gasteiger partial charge in [0.25, 0.3) is 0 Å². The number of aliphatic hydroxyl groups excluding tert-OH is 1. The van der Waals surface area contributed by atoms with Gasteiger partial charge in [-0.2, -0.15) is 87.8 Å². The minimum absolute atomic E-state index is 0.303. The Labute approximate surface area is 326 Å². The molecule has 0 aliphatic heterocycles. The highest BCUT2D eigenvalue weighted by molar-refractivity contribution is 5.83. The van der Waals surface area contributed by atoms with E-state index in [0.29, 0.717) is 0 Å². The van der Waals surface area contributed by atoms with Crippen LogP contribution in [0.3, 0.4) is 0 Å². The first kappa shape index (κ1) is 58.9. The molecule has 0 aliphatic carbocycles. The van der Waals surface area contributed by atoms with Gasteiger partial charge in [-0.05, 0) is 27.2 Å². The van der Waals surface area contributed by atoms with E-state index in [0.717, 1.165) is 20.8 Å². The number of aliphatic hydroxyl groups is 1. The summed E-state index contributed by atoms with van der Waals surface area (Å²) in [5, 5.41) is 10.0. The highest BCUT2D eigenvalue weighted by Gasteiger charge is 2.74. The van der Waals surface area contributed by atoms with Gasteiger partial charge >= 0.3 is 71.7 Å². The Balaban J connectivity index is 0. The predicted molar refractivity (Wildman–Crippen MR) is 157 cm³/mol. The van der Waals surface area contributed by atoms with Crippen LogP contribution >= 0.6 is 0 Å². The zero-order valence-corrected chi connectivity index (χ0v) is 31.5. The van der Waals surface area contributed by atoms with Gasteiger partial charge in [0.1, 0.15) is 38.1 Å². The van der Waals surface area contributed by atoms with E-state index in [-0.39, 0.29) is 6.92 Å². The summed E-state index contributed by atoms with van der Waals surface area (Å²) in [4.78, 5) is 34.7. The number of hydrogen-bond acceptors (Lipinski definition) is 10. The maximum absolute atomic E-state index is 13.2. The summed E-state index contributed by atoms with van der Waals surface area (Å²) in [6, 6.07) is 0. The van der Waals surface area contributed by atoms with Gasteiger partial charge in [-0.3, -0.25) is 9.59 Å². The molecule has 0 heterocycles. The minimum Gasteiger partial charge on any atom is -0.460 e. The number of carbonyl (C=O) groups excluding carboxylic acids is 3. The van der Waals surface area contributed by atoms with Crippen molar-refractivity contribution >= 4 is 17.9 Å². The maximum Gasteiger partial charge on any atom is 0.459 e. The number of esters is 3. The van der Waals surface area contributed by atoms with Crippen LogP contribution in [0.25, 0.3) is 0 Å². The van der Waals surface area contributed by atoms with Crippen molar-refractivity contribution in [2.75, 3.05) is 39.6 Å². The van der Waals surface area contributed by atoms with Crippen LogP contribution in [-0.4, -0.2) is 141 Å². The topological polar surface area (TPSA) is 127 Å². The molecule has 0 amide bonds. The molecule has 358 valence electrons. The number of ether oxygens (including phenoxy) is 6. The van der Waals surface area contributed by atoms with Crippen molar-refractivity contribution in [1.29, 1.82) is 0 Å². The SMILES string of the molecule is CC(=O)OC(C)COCC(F)(F)C(F)(F)C(C)(F)F.CCC(C(=O)OC(C)COCC(F)(F)C(F)(F)C(F)(F)F)C(O)C(=O)OC(C)COCC(F)(F)C(F)(F)C(F)(F)F. The second-order valence-electron chi connectivity index (χ2n) is 12.6. The van der Waals surface area contributed by atoms with Gasteiger partial charge in [-0.25, -0.2) is 4.79 Å². The van der Waals surface area contributed by atoms with Crippen LogP contribution in [0.1, 0.15) is 48.0 Å². The van der Waals surface area contributed by atoms with Crippen LogP contribution in [0, 0.1) is 5.92 Å². The van der Waals surface area contributed by atoms with Gasteiger partial charge in [-0.1, -0.05) is 6.92 Å². The summed E-state index contributed by atoms with van der Waals surface area (Å²) in [5.41, 5.74) is 0. The molecule has 60 heavy (non-hydrogen) atoms. The number of alkyl halides is 20. The molecule has 0 radical (unpaired) electrons. The number of rotatable bonds is 23. The quantitative estimate of drug-likeness (QED) is 0.0616. The Kier molecular flexibility index (Phi) is 21.4. The summed E-state index contributed by atoms with van der Waals surface area (Å²) < 4.78 is 279. The Hall–Kier alpha value is -3.15. The van der Waals surface area contributed by atoms with Crippen molar-refractivity contribution in [3.05, 3.63) is 0 Å². The molecule has 10 nitrogen and oxygen atoms in total. The lowest BCUT2D eigenvalue weighted by atomic mass is 9.99. The number of hydrogen-bond donors (Lipinski definition) is 1. The second-order valence-corrected chi connectivity index (χ2v) is 12.6. The van der Waals surface area contributed by atoms with Crippen LogP contribution in [0.2, 0.25) is 0 Å². The zero-order chi connectivity index (χ0) is 48.3. The standard InChI is InChI=1S/C20H24F14O7.C10H14F6O3/c1-4-11(13(36)40-9(2)5-38-7-15(21,22)17(25,26)19(29,30)31)12(35)14(37)41-10(3)6-39-8-16(23,24)18(27,28)20(32,33)34;1-6(19-7(2)17)4-18-5-9(13,14)10(15,16)8(3,11)12/h9-12,35H,4-8H2,1-3H3;6H,4-5H2,1-3H3. The zero-order valence-electron chi connectivity index (χ0n) is 31.5. The molecule has 0 fully saturated rings. The fraction of sp³-hybridized carbons (Fsp3) is 0.900. The second kappa shape index (κ2) is 21.8. The fourth-order valence-electron chi connectivity index (χ4n) is 3.69. The van der Waals surface area contributed by atoms with E-state index in [2.05, 4.69) is 28.4 Å². The third-order valence-corrected chi connectivity index (χ3v) is 6.92. The maximum atomic E-state index is 13.2. The minimum atomic E-state index is -6.61. The van der Waals surface area contributed by atoms with E-state index in [1.807, 2.05) is 0 Å². The van der Waals surface area contributed by atoms with Crippen molar-refractivity contribution in [1.82, 2.24) is 0 Å². The average molecular weight is 939 g/mol. The van der Waals surface area contributed by atoms with Gasteiger partial charge in [0, 0.05) is 13.8 Å². The van der Waals surface area contributed by atoms with Gasteiger partial charge in [0.15, 0.2) is 6.10 Å². The lowest BCUT2D eigenvalue weighted by molar-refractivity contribution is -0.362. The van der Waals surface area contributed by atoms with Crippen molar-refractivity contribution in [2.45, 2.75) is 126 Å². The molecule has 0 aromatic heterocycles. The average Bonchev–Trinajstić information content (AvgIpc) is 3.02. The van der Waals surface area contributed by atoms with Crippen molar-refractivity contribution < 1.29 is 136 Å². The van der Waals surface area contributed by atoms with Crippen LogP contribution in [0.4, 0.5) is 87.8 Å². The molecular formula is C30H38F20O10. The summed E-state index contributed by atoms with van der Waals surface area (Å²) in [6.07, 6.45) is -20.2. The molecule has 5 unspecified atom stereocenters. The summed E-state index contributed by atoms with van der Waals surface area (Å²) in [5.74, 6) is -45.4. The summed E-state index contributed by atoms with van der Waals surface area (Å²) >= 11 is 0. The lowest BCUT2D eigenvalue weighted by Crippen LogP contribution is -2.55. The largest absolute Gasteiger partial charge is 0.460 e. The molecule has 0 saturated heterocycles. The Morgan fingerprint density at radius 3 is 1.05 bits per heavy atom. The van der Waals surface area contributed by atoms with E-state index in [4.69, 9.17) is 0 Å². The van der Waals surface area contributed by atoms with Gasteiger partial charge < -0.3 is 33.5 Å².